The lowest BCUT2D eigenvalue weighted by Gasteiger charge is -2.13. The van der Waals surface area contributed by atoms with Crippen LogP contribution in [0.2, 0.25) is 0 Å². The molecular weight excluding hydrogens is 715 g/mol. The lowest BCUT2D eigenvalue weighted by atomic mass is 9.90. The summed E-state index contributed by atoms with van der Waals surface area (Å²) < 4.78 is 0. The monoisotopic (exact) mass is 755 g/mol. The summed E-state index contributed by atoms with van der Waals surface area (Å²) in [5.41, 5.74) is 12.7. The van der Waals surface area contributed by atoms with Gasteiger partial charge in [0.1, 0.15) is 0 Å². The fraction of sp³-hybridized carbons (Fsp3) is 0.0179. The average molecular weight is 756 g/mol. The number of rotatable bonds is 10. The van der Waals surface area contributed by atoms with E-state index in [2.05, 4.69) is 175 Å². The maximum Gasteiger partial charge on any atom is 0.0723 e. The van der Waals surface area contributed by atoms with E-state index in [0.717, 1.165) is 55.6 Å². The molecule has 280 valence electrons. The van der Waals surface area contributed by atoms with Crippen molar-refractivity contribution in [2.45, 2.75) is 6.92 Å². The Hall–Kier alpha value is -7.75. The van der Waals surface area contributed by atoms with E-state index in [9.17, 15) is 5.41 Å². The van der Waals surface area contributed by atoms with Crippen molar-refractivity contribution in [2.75, 3.05) is 0 Å². The zero-order valence-corrected chi connectivity index (χ0v) is 32.8. The molecule has 0 aliphatic rings. The predicted octanol–water partition coefficient (Wildman–Crippen LogP) is 14.7. The minimum atomic E-state index is 0.377. The van der Waals surface area contributed by atoms with Crippen molar-refractivity contribution in [3.05, 3.63) is 229 Å². The molecule has 0 aliphatic carbocycles. The van der Waals surface area contributed by atoms with Crippen molar-refractivity contribution < 1.29 is 0 Å². The first-order valence-corrected chi connectivity index (χ1v) is 19.9. The van der Waals surface area contributed by atoms with Crippen LogP contribution in [0.4, 0.5) is 0 Å². The van der Waals surface area contributed by atoms with Gasteiger partial charge < -0.3 is 5.41 Å². The van der Waals surface area contributed by atoms with E-state index in [1.807, 2.05) is 49.7 Å². The van der Waals surface area contributed by atoms with Crippen LogP contribution in [-0.4, -0.2) is 16.9 Å². The van der Waals surface area contributed by atoms with Gasteiger partial charge in [-0.15, -0.1) is 0 Å². The fourth-order valence-electron chi connectivity index (χ4n) is 8.03. The number of nitrogens with zero attached hydrogens (tertiary/aromatic N) is 2. The number of benzene rings is 8. The Balaban J connectivity index is 1.08. The summed E-state index contributed by atoms with van der Waals surface area (Å²) in [6.45, 7) is 6.16. The third kappa shape index (κ3) is 7.46. The van der Waals surface area contributed by atoms with Crippen LogP contribution < -0.4 is 0 Å². The highest BCUT2D eigenvalue weighted by molar-refractivity contribution is 6.15. The Kier molecular flexibility index (Phi) is 10.2. The summed E-state index contributed by atoms with van der Waals surface area (Å²) in [4.78, 5) is 9.37. The molecule has 9 aromatic rings. The molecule has 9 rings (SSSR count). The van der Waals surface area contributed by atoms with Crippen LogP contribution in [0, 0.1) is 5.41 Å². The van der Waals surface area contributed by atoms with Crippen molar-refractivity contribution in [3.63, 3.8) is 0 Å². The van der Waals surface area contributed by atoms with Crippen molar-refractivity contribution in [1.82, 2.24) is 4.98 Å². The number of allylic oxidation sites excluding steroid dienone is 2. The highest BCUT2D eigenvalue weighted by Gasteiger charge is 2.13. The molecular formula is C56H41N3. The van der Waals surface area contributed by atoms with Gasteiger partial charge in [0.05, 0.1) is 11.4 Å². The molecule has 0 fully saturated rings. The second-order valence-electron chi connectivity index (χ2n) is 14.6. The molecule has 0 unspecified atom stereocenters. The van der Waals surface area contributed by atoms with Gasteiger partial charge in [0.25, 0.3) is 0 Å². The van der Waals surface area contributed by atoms with Crippen molar-refractivity contribution in [3.8, 4) is 33.4 Å². The molecule has 0 saturated heterocycles. The second kappa shape index (κ2) is 16.4. The molecule has 0 saturated carbocycles. The molecule has 3 heteroatoms. The van der Waals surface area contributed by atoms with E-state index in [-0.39, 0.29) is 0 Å². The quantitative estimate of drug-likeness (QED) is 0.110. The minimum absolute atomic E-state index is 0.377. The molecule has 1 heterocycles. The molecule has 0 spiro atoms. The number of hydrogen-bond donors (Lipinski definition) is 1. The molecule has 0 bridgehead atoms. The molecule has 8 aromatic carbocycles. The van der Waals surface area contributed by atoms with Crippen LogP contribution in [0.15, 0.2) is 206 Å². The molecule has 0 radical (unpaired) electrons. The van der Waals surface area contributed by atoms with Crippen LogP contribution >= 0.6 is 0 Å². The SMILES string of the molecule is C=Cc1c(/C=C\C)cc(-c2ccc(C=N/C(=C\C(=N)c3cccc(-c4cc5ccccc5c5ccccc45)c3)c3ccc(-c4cccnc4)cc3)cc2)c2ccccc12. The molecule has 3 nitrogen and oxygen atoms in total. The first-order chi connectivity index (χ1) is 29.1. The van der Waals surface area contributed by atoms with E-state index < -0.39 is 0 Å². The number of aromatic nitrogens is 1. The molecule has 0 amide bonds. The molecule has 0 aliphatic heterocycles. The van der Waals surface area contributed by atoms with Crippen LogP contribution in [0.5, 0.6) is 0 Å². The van der Waals surface area contributed by atoms with Gasteiger partial charge in [-0.1, -0.05) is 170 Å². The van der Waals surface area contributed by atoms with Crippen molar-refractivity contribution >= 4 is 62.1 Å². The second-order valence-corrected chi connectivity index (χ2v) is 14.6. The highest BCUT2D eigenvalue weighted by Crippen LogP contribution is 2.37. The summed E-state index contributed by atoms with van der Waals surface area (Å²) in [6, 6.07) is 59.3. The van der Waals surface area contributed by atoms with E-state index in [4.69, 9.17) is 4.99 Å². The molecule has 1 N–H and O–H groups in total. The first kappa shape index (κ1) is 36.9. The summed E-state index contributed by atoms with van der Waals surface area (Å²) in [5.74, 6) is 0. The Morgan fingerprint density at radius 2 is 1.24 bits per heavy atom. The number of fused-ring (bicyclic) bond motifs is 4. The Morgan fingerprint density at radius 1 is 0.576 bits per heavy atom. The van der Waals surface area contributed by atoms with Crippen LogP contribution in [-0.2, 0) is 0 Å². The van der Waals surface area contributed by atoms with E-state index >= 15 is 0 Å². The number of nitrogens with one attached hydrogen (secondary N) is 1. The van der Waals surface area contributed by atoms with Crippen molar-refractivity contribution in [2.24, 2.45) is 4.99 Å². The van der Waals surface area contributed by atoms with Gasteiger partial charge in [0.2, 0.25) is 0 Å². The largest absolute Gasteiger partial charge is 0.300 e. The number of aliphatic imine (C=N–C) groups is 1. The number of pyridine rings is 1. The van der Waals surface area contributed by atoms with Crippen LogP contribution in [0.1, 0.15) is 34.7 Å². The zero-order valence-electron chi connectivity index (χ0n) is 32.8. The average Bonchev–Trinajstić information content (AvgIpc) is 3.30. The lowest BCUT2D eigenvalue weighted by molar-refractivity contribution is 1.33. The Bertz CT molecular complexity index is 3110. The maximum atomic E-state index is 9.42. The van der Waals surface area contributed by atoms with Crippen molar-refractivity contribution in [1.29, 1.82) is 5.41 Å². The fourth-order valence-corrected chi connectivity index (χ4v) is 8.03. The molecule has 59 heavy (non-hydrogen) atoms. The summed E-state index contributed by atoms with van der Waals surface area (Å²) in [5, 5.41) is 16.6. The zero-order chi connectivity index (χ0) is 40.1. The molecule has 1 aromatic heterocycles. The van der Waals surface area contributed by atoms with Gasteiger partial charge >= 0.3 is 0 Å². The summed E-state index contributed by atoms with van der Waals surface area (Å²) in [7, 11) is 0. The van der Waals surface area contributed by atoms with Crippen LogP contribution in [0.3, 0.4) is 0 Å². The smallest absolute Gasteiger partial charge is 0.0723 e. The van der Waals surface area contributed by atoms with Gasteiger partial charge in [0, 0.05) is 29.7 Å². The van der Waals surface area contributed by atoms with Gasteiger partial charge in [0.15, 0.2) is 0 Å². The first-order valence-electron chi connectivity index (χ1n) is 19.9. The normalized spacial score (nSPS) is 11.9. The summed E-state index contributed by atoms with van der Waals surface area (Å²) in [6.07, 6.45) is 13.6. The third-order valence-electron chi connectivity index (χ3n) is 11.0. The predicted molar refractivity (Wildman–Crippen MR) is 253 cm³/mol. The Labute approximate surface area is 345 Å². The highest BCUT2D eigenvalue weighted by atomic mass is 14.7. The van der Waals surface area contributed by atoms with E-state index in [1.54, 1.807) is 6.20 Å². The standard InChI is InChI=1S/C56H41N3/c1-3-13-42-33-53(51-21-9-7-19-49(51)47(42)4-2)40-25-23-38(24-26-40)36-59-56(41-29-27-39(28-30-41)46-17-12-31-58-37-46)35-55(57)45-16-11-15-43(32-45)54-34-44-14-5-6-18-48(44)50-20-8-10-22-52(50)54/h3-37,57H,2H2,1H3/b13-3-,56-35-,57-55?,59-36?. The van der Waals surface area contributed by atoms with Gasteiger partial charge in [-0.3, -0.25) is 9.98 Å². The third-order valence-corrected chi connectivity index (χ3v) is 11.0. The summed E-state index contributed by atoms with van der Waals surface area (Å²) >= 11 is 0. The maximum absolute atomic E-state index is 9.42. The molecule has 0 atom stereocenters. The van der Waals surface area contributed by atoms with Gasteiger partial charge in [-0.2, -0.15) is 0 Å². The Morgan fingerprint density at radius 3 is 1.97 bits per heavy atom. The van der Waals surface area contributed by atoms with Gasteiger partial charge in [-0.05, 0) is 120 Å². The lowest BCUT2D eigenvalue weighted by Crippen LogP contribution is -1.98. The van der Waals surface area contributed by atoms with Gasteiger partial charge in [-0.25, -0.2) is 0 Å². The topological polar surface area (TPSA) is 49.1 Å². The van der Waals surface area contributed by atoms with E-state index in [1.165, 1.54) is 37.9 Å². The van der Waals surface area contributed by atoms with E-state index in [0.29, 0.717) is 11.4 Å². The minimum Gasteiger partial charge on any atom is -0.300 e. The van der Waals surface area contributed by atoms with Crippen LogP contribution in [0.25, 0.3) is 83.5 Å². The number of hydrogen-bond acceptors (Lipinski definition) is 3.